The number of rotatable bonds is 5. The molecule has 2 aromatic carbocycles. The van der Waals surface area contributed by atoms with E-state index in [0.717, 1.165) is 16.2 Å². The molecule has 0 atom stereocenters. The average molecular weight is 377 g/mol. The van der Waals surface area contributed by atoms with E-state index < -0.39 is 27.1 Å². The molecule has 0 aliphatic heterocycles. The number of hydrogen-bond donors (Lipinski definition) is 2. The molecule has 0 aliphatic carbocycles. The Morgan fingerprint density at radius 2 is 1.77 bits per heavy atom. The zero-order chi connectivity index (χ0) is 18.9. The van der Waals surface area contributed by atoms with Crippen molar-refractivity contribution in [3.63, 3.8) is 0 Å². The van der Waals surface area contributed by atoms with Crippen molar-refractivity contribution in [1.82, 2.24) is 9.55 Å². The summed E-state index contributed by atoms with van der Waals surface area (Å²) in [4.78, 5) is 27.0. The Bertz CT molecular complexity index is 1180. The number of fused-ring (bicyclic) bond motifs is 1. The number of aromatic amines is 1. The summed E-state index contributed by atoms with van der Waals surface area (Å²) < 4.78 is 36.7. The topological polar surface area (TPSA) is 115 Å². The third-order valence-corrected chi connectivity index (χ3v) is 4.97. The maximum Gasteiger partial charge on any atom is 0.328 e. The van der Waals surface area contributed by atoms with Gasteiger partial charge in [-0.1, -0.05) is 12.1 Å². The predicted molar refractivity (Wildman–Crippen MR) is 94.9 cm³/mol. The van der Waals surface area contributed by atoms with Gasteiger partial charge in [0.05, 0.1) is 15.8 Å². The van der Waals surface area contributed by atoms with Gasteiger partial charge in [-0.05, 0) is 48.7 Å². The minimum Gasteiger partial charge on any atom is -0.307 e. The smallest absolute Gasteiger partial charge is 0.307 e. The molecule has 0 saturated heterocycles. The SMILES string of the molecule is NS(=O)(=O)c1ccc(CCCn2c(=O)[nH]c3cc(F)ccc3c2=O)cc1. The van der Waals surface area contributed by atoms with E-state index in [1.54, 1.807) is 12.1 Å². The molecule has 0 aliphatic rings. The summed E-state index contributed by atoms with van der Waals surface area (Å²) in [5, 5.41) is 5.28. The molecule has 0 unspecified atom stereocenters. The Hall–Kier alpha value is -2.78. The summed E-state index contributed by atoms with van der Waals surface area (Å²) in [5.41, 5.74) is -0.0643. The molecule has 1 aromatic heterocycles. The quantitative estimate of drug-likeness (QED) is 0.693. The van der Waals surface area contributed by atoms with Gasteiger partial charge in [0, 0.05) is 6.54 Å². The highest BCUT2D eigenvalue weighted by atomic mass is 32.2. The van der Waals surface area contributed by atoms with Crippen LogP contribution in [-0.2, 0) is 23.0 Å². The number of nitrogens with two attached hydrogens (primary N) is 1. The first-order chi connectivity index (χ1) is 12.3. The van der Waals surface area contributed by atoms with Crippen LogP contribution in [0.3, 0.4) is 0 Å². The first-order valence-electron chi connectivity index (χ1n) is 7.80. The van der Waals surface area contributed by atoms with Crippen molar-refractivity contribution >= 4 is 20.9 Å². The lowest BCUT2D eigenvalue weighted by atomic mass is 10.1. The average Bonchev–Trinajstić information content (AvgIpc) is 2.57. The van der Waals surface area contributed by atoms with Crippen LogP contribution >= 0.6 is 0 Å². The molecule has 1 heterocycles. The molecular formula is C17H16FN3O4S. The Morgan fingerprint density at radius 1 is 1.08 bits per heavy atom. The van der Waals surface area contributed by atoms with E-state index in [2.05, 4.69) is 4.98 Å². The highest BCUT2D eigenvalue weighted by Crippen LogP contribution is 2.11. The second-order valence-corrected chi connectivity index (χ2v) is 7.43. The summed E-state index contributed by atoms with van der Waals surface area (Å²) in [7, 11) is -3.74. The van der Waals surface area contributed by atoms with Crippen molar-refractivity contribution < 1.29 is 12.8 Å². The molecule has 0 spiro atoms. The number of halogens is 1. The lowest BCUT2D eigenvalue weighted by molar-refractivity contribution is 0.594. The zero-order valence-electron chi connectivity index (χ0n) is 13.6. The maximum absolute atomic E-state index is 13.2. The molecular weight excluding hydrogens is 361 g/mol. The third-order valence-electron chi connectivity index (χ3n) is 4.04. The van der Waals surface area contributed by atoms with Gasteiger partial charge in [0.15, 0.2) is 0 Å². The van der Waals surface area contributed by atoms with Gasteiger partial charge in [0.25, 0.3) is 5.56 Å². The van der Waals surface area contributed by atoms with E-state index in [1.807, 2.05) is 0 Å². The molecule has 9 heteroatoms. The van der Waals surface area contributed by atoms with Crippen molar-refractivity contribution in [2.75, 3.05) is 0 Å². The number of primary sulfonamides is 1. The maximum atomic E-state index is 13.2. The van der Waals surface area contributed by atoms with E-state index >= 15 is 0 Å². The number of benzene rings is 2. The summed E-state index contributed by atoms with van der Waals surface area (Å²) in [5.74, 6) is -0.534. The minimum atomic E-state index is -3.74. The van der Waals surface area contributed by atoms with Crippen LogP contribution in [0, 0.1) is 5.82 Å². The first kappa shape index (κ1) is 18.0. The fourth-order valence-corrected chi connectivity index (χ4v) is 3.23. The Morgan fingerprint density at radius 3 is 2.42 bits per heavy atom. The van der Waals surface area contributed by atoms with Gasteiger partial charge < -0.3 is 4.98 Å². The van der Waals surface area contributed by atoms with E-state index in [9.17, 15) is 22.4 Å². The molecule has 3 rings (SSSR count). The summed E-state index contributed by atoms with van der Waals surface area (Å²) in [6, 6.07) is 9.70. The lowest BCUT2D eigenvalue weighted by Crippen LogP contribution is -2.35. The molecule has 136 valence electrons. The van der Waals surface area contributed by atoms with Gasteiger partial charge in [-0.3, -0.25) is 9.36 Å². The van der Waals surface area contributed by atoms with Crippen molar-refractivity contribution in [2.45, 2.75) is 24.3 Å². The molecule has 0 bridgehead atoms. The van der Waals surface area contributed by atoms with Crippen molar-refractivity contribution in [3.05, 3.63) is 74.7 Å². The van der Waals surface area contributed by atoms with Crippen LogP contribution in [0.15, 0.2) is 56.9 Å². The lowest BCUT2D eigenvalue weighted by Gasteiger charge is -2.07. The molecule has 0 amide bonds. The highest BCUT2D eigenvalue weighted by molar-refractivity contribution is 7.89. The molecule has 3 N–H and O–H groups in total. The largest absolute Gasteiger partial charge is 0.328 e. The third kappa shape index (κ3) is 3.73. The second kappa shape index (κ2) is 6.85. The number of aromatic nitrogens is 2. The van der Waals surface area contributed by atoms with E-state index in [-0.39, 0.29) is 22.3 Å². The number of sulfonamides is 1. The molecule has 7 nitrogen and oxygen atoms in total. The summed E-state index contributed by atoms with van der Waals surface area (Å²) >= 11 is 0. The molecule has 0 saturated carbocycles. The highest BCUT2D eigenvalue weighted by Gasteiger charge is 2.09. The van der Waals surface area contributed by atoms with Gasteiger partial charge in [-0.25, -0.2) is 22.7 Å². The predicted octanol–water partition coefficient (Wildman–Crippen LogP) is 1.11. The van der Waals surface area contributed by atoms with Crippen LogP contribution in [0.2, 0.25) is 0 Å². The number of H-pyrrole nitrogens is 1. The number of aryl methyl sites for hydroxylation is 1. The van der Waals surface area contributed by atoms with E-state index in [1.165, 1.54) is 24.3 Å². The minimum absolute atomic E-state index is 0.0238. The Kier molecular flexibility index (Phi) is 4.75. The first-order valence-corrected chi connectivity index (χ1v) is 9.34. The summed E-state index contributed by atoms with van der Waals surface area (Å²) in [6.07, 6.45) is 1.03. The number of nitrogens with one attached hydrogen (secondary N) is 1. The van der Waals surface area contributed by atoms with Crippen LogP contribution < -0.4 is 16.4 Å². The summed E-state index contributed by atoms with van der Waals surface area (Å²) in [6.45, 7) is 0.179. The Balaban J connectivity index is 1.77. The molecule has 3 aromatic rings. The van der Waals surface area contributed by atoms with Gasteiger partial charge in [-0.2, -0.15) is 0 Å². The van der Waals surface area contributed by atoms with Crippen molar-refractivity contribution in [2.24, 2.45) is 5.14 Å². The molecule has 0 radical (unpaired) electrons. The van der Waals surface area contributed by atoms with Gasteiger partial charge in [0.2, 0.25) is 10.0 Å². The second-order valence-electron chi connectivity index (χ2n) is 5.87. The molecule has 0 fully saturated rings. The fourth-order valence-electron chi connectivity index (χ4n) is 2.72. The normalized spacial score (nSPS) is 11.8. The Labute approximate surface area is 148 Å². The van der Waals surface area contributed by atoms with Crippen LogP contribution in [0.25, 0.3) is 10.9 Å². The fraction of sp³-hybridized carbons (Fsp3) is 0.176. The number of nitrogens with zero attached hydrogens (tertiary/aromatic N) is 1. The van der Waals surface area contributed by atoms with E-state index in [0.29, 0.717) is 12.8 Å². The molecule has 26 heavy (non-hydrogen) atoms. The standard InChI is InChI=1S/C17H16FN3O4S/c18-12-5-8-14-15(10-12)20-17(23)21(16(14)22)9-1-2-11-3-6-13(7-4-11)26(19,24)25/h3-8,10H,1-2,9H2,(H,20,23)(H2,19,24,25). The zero-order valence-corrected chi connectivity index (χ0v) is 14.4. The van der Waals surface area contributed by atoms with Crippen LogP contribution in [-0.4, -0.2) is 18.0 Å². The van der Waals surface area contributed by atoms with Gasteiger partial charge in [0.1, 0.15) is 5.82 Å². The van der Waals surface area contributed by atoms with Crippen LogP contribution in [0.5, 0.6) is 0 Å². The monoisotopic (exact) mass is 377 g/mol. The number of hydrogen-bond acceptors (Lipinski definition) is 4. The van der Waals surface area contributed by atoms with Crippen LogP contribution in [0.1, 0.15) is 12.0 Å². The van der Waals surface area contributed by atoms with Gasteiger partial charge >= 0.3 is 5.69 Å². The van der Waals surface area contributed by atoms with Crippen molar-refractivity contribution in [3.8, 4) is 0 Å². The van der Waals surface area contributed by atoms with Gasteiger partial charge in [-0.15, -0.1) is 0 Å². The van der Waals surface area contributed by atoms with E-state index in [4.69, 9.17) is 5.14 Å². The van der Waals surface area contributed by atoms with Crippen molar-refractivity contribution in [1.29, 1.82) is 0 Å². The van der Waals surface area contributed by atoms with Crippen LogP contribution in [0.4, 0.5) is 4.39 Å².